The summed E-state index contributed by atoms with van der Waals surface area (Å²) >= 11 is 1.60. The first-order valence-electron chi connectivity index (χ1n) is 6.65. The van der Waals surface area contributed by atoms with Crippen LogP contribution in [-0.4, -0.2) is 34.5 Å². The van der Waals surface area contributed by atoms with Gasteiger partial charge in [0.15, 0.2) is 0 Å². The molecule has 1 N–H and O–H groups in total. The summed E-state index contributed by atoms with van der Waals surface area (Å²) in [4.78, 5) is 2.20. The molecule has 1 heterocycles. The maximum absolute atomic E-state index is 9.21. The fourth-order valence-electron chi connectivity index (χ4n) is 2.27. The molecule has 1 aromatic heterocycles. The minimum atomic E-state index is 0.163. The van der Waals surface area contributed by atoms with E-state index in [9.17, 15) is 5.11 Å². The summed E-state index contributed by atoms with van der Waals surface area (Å²) in [6.07, 6.45) is 3.66. The van der Waals surface area contributed by atoms with Crippen LogP contribution in [0.15, 0.2) is 30.3 Å². The van der Waals surface area contributed by atoms with Gasteiger partial charge in [0.1, 0.15) is 5.01 Å². The number of nitrogens with zero attached hydrogens (tertiary/aromatic N) is 3. The molecule has 0 radical (unpaired) electrons. The third kappa shape index (κ3) is 2.62. The molecule has 0 aliphatic heterocycles. The zero-order valence-corrected chi connectivity index (χ0v) is 11.5. The molecule has 1 saturated carbocycles. The largest absolute Gasteiger partial charge is 0.395 e. The van der Waals surface area contributed by atoms with E-state index in [2.05, 4.69) is 15.1 Å². The fourth-order valence-corrected chi connectivity index (χ4v) is 3.22. The van der Waals surface area contributed by atoms with Crippen molar-refractivity contribution < 1.29 is 5.11 Å². The molecule has 2 aromatic rings. The van der Waals surface area contributed by atoms with Gasteiger partial charge in [0, 0.05) is 18.2 Å². The van der Waals surface area contributed by atoms with Crippen molar-refractivity contribution in [2.24, 2.45) is 0 Å². The molecule has 0 atom stereocenters. The Balaban J connectivity index is 1.82. The summed E-state index contributed by atoms with van der Waals surface area (Å²) < 4.78 is 0. The Hall–Kier alpha value is -1.46. The van der Waals surface area contributed by atoms with Crippen LogP contribution in [0.2, 0.25) is 0 Å². The minimum absolute atomic E-state index is 0.163. The molecule has 0 amide bonds. The van der Waals surface area contributed by atoms with Crippen molar-refractivity contribution >= 4 is 16.5 Å². The van der Waals surface area contributed by atoms with Gasteiger partial charge >= 0.3 is 0 Å². The second-order valence-corrected chi connectivity index (χ2v) is 5.71. The summed E-state index contributed by atoms with van der Waals surface area (Å²) in [7, 11) is 0. The van der Waals surface area contributed by atoms with Gasteiger partial charge in [-0.2, -0.15) is 0 Å². The van der Waals surface area contributed by atoms with E-state index in [0.717, 1.165) is 15.7 Å². The second-order valence-electron chi connectivity index (χ2n) is 4.76. The lowest BCUT2D eigenvalue weighted by atomic mass is 9.92. The first-order valence-corrected chi connectivity index (χ1v) is 7.46. The number of aliphatic hydroxyl groups is 1. The molecule has 0 unspecified atom stereocenters. The van der Waals surface area contributed by atoms with Crippen molar-refractivity contribution in [1.82, 2.24) is 10.2 Å². The van der Waals surface area contributed by atoms with Gasteiger partial charge in [-0.05, 0) is 19.3 Å². The van der Waals surface area contributed by atoms with Crippen molar-refractivity contribution in [1.29, 1.82) is 0 Å². The first-order chi connectivity index (χ1) is 9.38. The van der Waals surface area contributed by atoms with Gasteiger partial charge < -0.3 is 10.0 Å². The average molecular weight is 275 g/mol. The van der Waals surface area contributed by atoms with E-state index in [1.165, 1.54) is 19.3 Å². The van der Waals surface area contributed by atoms with Crippen LogP contribution in [0, 0.1) is 0 Å². The number of rotatable bonds is 5. The average Bonchev–Trinajstić information content (AvgIpc) is 2.86. The molecule has 100 valence electrons. The summed E-state index contributed by atoms with van der Waals surface area (Å²) in [5.74, 6) is 0. The van der Waals surface area contributed by atoms with Gasteiger partial charge in [-0.25, -0.2) is 0 Å². The molecule has 5 heteroatoms. The monoisotopic (exact) mass is 275 g/mol. The van der Waals surface area contributed by atoms with Gasteiger partial charge in [0.05, 0.1) is 6.61 Å². The van der Waals surface area contributed by atoms with Gasteiger partial charge in [0.25, 0.3) is 0 Å². The SMILES string of the molecule is OCCN(c1nnc(-c2ccccc2)s1)C1CCC1. The van der Waals surface area contributed by atoms with Gasteiger partial charge in [-0.1, -0.05) is 41.7 Å². The fraction of sp³-hybridized carbons (Fsp3) is 0.429. The number of anilines is 1. The minimum Gasteiger partial charge on any atom is -0.395 e. The maximum Gasteiger partial charge on any atom is 0.208 e. The molecule has 1 aliphatic carbocycles. The molecular weight excluding hydrogens is 258 g/mol. The molecule has 3 rings (SSSR count). The second kappa shape index (κ2) is 5.67. The highest BCUT2D eigenvalue weighted by Crippen LogP contribution is 2.34. The third-order valence-corrected chi connectivity index (χ3v) is 4.55. The van der Waals surface area contributed by atoms with Crippen LogP contribution in [0.1, 0.15) is 19.3 Å². The van der Waals surface area contributed by atoms with Crippen LogP contribution in [0.5, 0.6) is 0 Å². The Kier molecular flexibility index (Phi) is 3.75. The lowest BCUT2D eigenvalue weighted by Crippen LogP contribution is -2.41. The zero-order valence-electron chi connectivity index (χ0n) is 10.7. The van der Waals surface area contributed by atoms with Crippen LogP contribution < -0.4 is 4.90 Å². The normalized spacial score (nSPS) is 15.2. The highest BCUT2D eigenvalue weighted by atomic mass is 32.1. The molecule has 1 fully saturated rings. The van der Waals surface area contributed by atoms with E-state index < -0.39 is 0 Å². The zero-order chi connectivity index (χ0) is 13.1. The van der Waals surface area contributed by atoms with Crippen molar-refractivity contribution in [2.75, 3.05) is 18.1 Å². The summed E-state index contributed by atoms with van der Waals surface area (Å²) in [5, 5.41) is 19.6. The standard InChI is InChI=1S/C14H17N3OS/c18-10-9-17(12-7-4-8-12)14-16-15-13(19-14)11-5-2-1-3-6-11/h1-3,5-6,12,18H,4,7-10H2. The van der Waals surface area contributed by atoms with E-state index in [1.807, 2.05) is 30.3 Å². The smallest absolute Gasteiger partial charge is 0.208 e. The van der Waals surface area contributed by atoms with E-state index in [-0.39, 0.29) is 6.61 Å². The molecule has 0 saturated heterocycles. The molecule has 1 aromatic carbocycles. The molecule has 1 aliphatic rings. The lowest BCUT2D eigenvalue weighted by Gasteiger charge is -2.36. The Morgan fingerprint density at radius 2 is 2.00 bits per heavy atom. The number of hydrogen-bond acceptors (Lipinski definition) is 5. The third-order valence-electron chi connectivity index (χ3n) is 3.54. The van der Waals surface area contributed by atoms with E-state index in [4.69, 9.17) is 0 Å². The number of aliphatic hydroxyl groups excluding tert-OH is 1. The van der Waals surface area contributed by atoms with Gasteiger partial charge in [-0.15, -0.1) is 10.2 Å². The Morgan fingerprint density at radius 1 is 1.21 bits per heavy atom. The highest BCUT2D eigenvalue weighted by Gasteiger charge is 2.27. The predicted molar refractivity (Wildman–Crippen MR) is 77.4 cm³/mol. The predicted octanol–water partition coefficient (Wildman–Crippen LogP) is 2.56. The number of aromatic nitrogens is 2. The first kappa shape index (κ1) is 12.6. The number of benzene rings is 1. The molecular formula is C14H17N3OS. The topological polar surface area (TPSA) is 49.2 Å². The Morgan fingerprint density at radius 3 is 2.63 bits per heavy atom. The van der Waals surface area contributed by atoms with Crippen molar-refractivity contribution in [3.63, 3.8) is 0 Å². The van der Waals surface area contributed by atoms with Gasteiger partial charge in [0.2, 0.25) is 5.13 Å². The van der Waals surface area contributed by atoms with Crippen molar-refractivity contribution in [3.8, 4) is 10.6 Å². The molecule has 0 spiro atoms. The van der Waals surface area contributed by atoms with E-state index in [1.54, 1.807) is 11.3 Å². The van der Waals surface area contributed by atoms with Gasteiger partial charge in [-0.3, -0.25) is 0 Å². The van der Waals surface area contributed by atoms with Crippen LogP contribution in [0.25, 0.3) is 10.6 Å². The molecule has 0 bridgehead atoms. The number of hydrogen-bond donors (Lipinski definition) is 1. The Labute approximate surface area is 116 Å². The van der Waals surface area contributed by atoms with Crippen LogP contribution in [-0.2, 0) is 0 Å². The highest BCUT2D eigenvalue weighted by molar-refractivity contribution is 7.18. The summed E-state index contributed by atoms with van der Waals surface area (Å²) in [5.41, 5.74) is 1.10. The quantitative estimate of drug-likeness (QED) is 0.911. The Bertz CT molecular complexity index is 524. The lowest BCUT2D eigenvalue weighted by molar-refractivity contribution is 0.283. The van der Waals surface area contributed by atoms with Crippen molar-refractivity contribution in [2.45, 2.75) is 25.3 Å². The van der Waals surface area contributed by atoms with Crippen molar-refractivity contribution in [3.05, 3.63) is 30.3 Å². The summed E-state index contributed by atoms with van der Waals surface area (Å²) in [6, 6.07) is 10.6. The van der Waals surface area contributed by atoms with E-state index >= 15 is 0 Å². The van der Waals surface area contributed by atoms with Crippen LogP contribution >= 0.6 is 11.3 Å². The molecule has 4 nitrogen and oxygen atoms in total. The van der Waals surface area contributed by atoms with Crippen LogP contribution in [0.3, 0.4) is 0 Å². The summed E-state index contributed by atoms with van der Waals surface area (Å²) in [6.45, 7) is 0.810. The molecule has 19 heavy (non-hydrogen) atoms. The van der Waals surface area contributed by atoms with Crippen LogP contribution in [0.4, 0.5) is 5.13 Å². The maximum atomic E-state index is 9.21. The van der Waals surface area contributed by atoms with E-state index in [0.29, 0.717) is 12.6 Å².